The van der Waals surface area contributed by atoms with Crippen LogP contribution in [-0.2, 0) is 11.2 Å². The molecule has 3 aromatic rings. The second-order valence-corrected chi connectivity index (χ2v) is 6.58. The van der Waals surface area contributed by atoms with E-state index in [-0.39, 0.29) is 24.5 Å². The molecular weight excluding hydrogens is 358 g/mol. The van der Waals surface area contributed by atoms with Gasteiger partial charge in [0.15, 0.2) is 17.3 Å². The highest BCUT2D eigenvalue weighted by molar-refractivity contribution is 5.98. The van der Waals surface area contributed by atoms with Crippen LogP contribution >= 0.6 is 0 Å². The maximum atomic E-state index is 12.3. The molecule has 1 aromatic heterocycles. The second-order valence-electron chi connectivity index (χ2n) is 6.58. The highest BCUT2D eigenvalue weighted by atomic mass is 16.6. The Morgan fingerprint density at radius 3 is 2.71 bits per heavy atom. The Morgan fingerprint density at radius 1 is 1.04 bits per heavy atom. The number of imidazole rings is 1. The first-order valence-corrected chi connectivity index (χ1v) is 9.32. The lowest BCUT2D eigenvalue weighted by Gasteiger charge is -2.18. The lowest BCUT2D eigenvalue weighted by atomic mass is 10.1. The van der Waals surface area contributed by atoms with Crippen molar-refractivity contribution in [2.75, 3.05) is 19.8 Å². The Balaban J connectivity index is 1.23. The van der Waals surface area contributed by atoms with Crippen LogP contribution in [0.4, 0.5) is 0 Å². The summed E-state index contributed by atoms with van der Waals surface area (Å²) in [6.07, 6.45) is 0.903. The molecule has 0 atom stereocenters. The van der Waals surface area contributed by atoms with Gasteiger partial charge in [0.2, 0.25) is 5.91 Å². The Hall–Kier alpha value is -3.35. The van der Waals surface area contributed by atoms with Crippen molar-refractivity contribution in [1.82, 2.24) is 15.3 Å². The van der Waals surface area contributed by atoms with Gasteiger partial charge in [0.1, 0.15) is 19.0 Å². The summed E-state index contributed by atoms with van der Waals surface area (Å²) in [7, 11) is 0. The molecule has 0 spiro atoms. The predicted molar refractivity (Wildman–Crippen MR) is 104 cm³/mol. The van der Waals surface area contributed by atoms with Crippen LogP contribution in [0.15, 0.2) is 42.5 Å². The molecule has 1 amide bonds. The van der Waals surface area contributed by atoms with Gasteiger partial charge >= 0.3 is 0 Å². The van der Waals surface area contributed by atoms with Crippen LogP contribution in [0.3, 0.4) is 0 Å². The molecule has 0 radical (unpaired) electrons. The molecule has 7 nitrogen and oxygen atoms in total. The quantitative estimate of drug-likeness (QED) is 0.616. The minimum absolute atomic E-state index is 0.0931. The molecule has 0 aliphatic carbocycles. The van der Waals surface area contributed by atoms with E-state index in [0.29, 0.717) is 43.2 Å². The fourth-order valence-corrected chi connectivity index (χ4v) is 3.12. The van der Waals surface area contributed by atoms with Gasteiger partial charge in [0.25, 0.3) is 0 Å². The number of nitrogens with one attached hydrogen (secondary N) is 2. The van der Waals surface area contributed by atoms with E-state index in [9.17, 15) is 9.59 Å². The normalized spacial score (nSPS) is 12.7. The third-order valence-corrected chi connectivity index (χ3v) is 4.57. The number of benzene rings is 2. The summed E-state index contributed by atoms with van der Waals surface area (Å²) in [6, 6.07) is 12.9. The number of H-pyrrole nitrogens is 1. The molecule has 1 aliphatic heterocycles. The summed E-state index contributed by atoms with van der Waals surface area (Å²) in [5, 5.41) is 2.84. The Bertz CT molecular complexity index is 979. The van der Waals surface area contributed by atoms with Crippen molar-refractivity contribution in [2.24, 2.45) is 0 Å². The van der Waals surface area contributed by atoms with Crippen LogP contribution in [0.5, 0.6) is 11.5 Å². The summed E-state index contributed by atoms with van der Waals surface area (Å²) in [5.74, 6) is 1.80. The zero-order valence-electron chi connectivity index (χ0n) is 15.4. The maximum absolute atomic E-state index is 12.3. The summed E-state index contributed by atoms with van der Waals surface area (Å²) in [6.45, 7) is 1.45. The zero-order chi connectivity index (χ0) is 19.3. The zero-order valence-corrected chi connectivity index (χ0v) is 15.4. The minimum atomic E-state index is -0.151. The first kappa shape index (κ1) is 18.0. The number of nitrogens with zero attached hydrogens (tertiary/aromatic N) is 1. The number of para-hydroxylation sites is 2. The van der Waals surface area contributed by atoms with E-state index in [2.05, 4.69) is 15.3 Å². The highest BCUT2D eigenvalue weighted by Crippen LogP contribution is 2.31. The number of carbonyl (C=O) groups is 2. The number of hydrogen-bond donors (Lipinski definition) is 2. The van der Waals surface area contributed by atoms with Crippen molar-refractivity contribution < 1.29 is 19.1 Å². The molecule has 1 aliphatic rings. The summed E-state index contributed by atoms with van der Waals surface area (Å²) < 4.78 is 10.9. The van der Waals surface area contributed by atoms with E-state index in [4.69, 9.17) is 9.47 Å². The van der Waals surface area contributed by atoms with Crippen LogP contribution in [0.1, 0.15) is 29.0 Å². The molecular formula is C21H21N3O4. The summed E-state index contributed by atoms with van der Waals surface area (Å²) in [5.41, 5.74) is 2.42. The monoisotopic (exact) mass is 379 g/mol. The van der Waals surface area contributed by atoms with Crippen LogP contribution < -0.4 is 14.8 Å². The average molecular weight is 379 g/mol. The lowest BCUT2D eigenvalue weighted by molar-refractivity contribution is -0.121. The van der Waals surface area contributed by atoms with Gasteiger partial charge in [-0.1, -0.05) is 12.1 Å². The highest BCUT2D eigenvalue weighted by Gasteiger charge is 2.15. The number of Topliss-reactive ketones (excluding diaryl/α,β-unsaturated/α-hetero) is 1. The molecule has 0 fully saturated rings. The molecule has 28 heavy (non-hydrogen) atoms. The number of hydrogen-bond acceptors (Lipinski definition) is 5. The Labute approximate surface area is 162 Å². The first-order chi connectivity index (χ1) is 13.7. The molecule has 7 heteroatoms. The van der Waals surface area contributed by atoms with E-state index in [1.807, 2.05) is 24.3 Å². The fraction of sp³-hybridized carbons (Fsp3) is 0.286. The van der Waals surface area contributed by atoms with Crippen molar-refractivity contribution in [3.05, 3.63) is 53.9 Å². The second kappa shape index (κ2) is 8.12. The van der Waals surface area contributed by atoms with Crippen LogP contribution in [0.2, 0.25) is 0 Å². The van der Waals surface area contributed by atoms with Gasteiger partial charge in [-0.3, -0.25) is 9.59 Å². The maximum Gasteiger partial charge on any atom is 0.220 e. The van der Waals surface area contributed by atoms with Crippen LogP contribution in [-0.4, -0.2) is 41.4 Å². The molecule has 2 N–H and O–H groups in total. The van der Waals surface area contributed by atoms with Gasteiger partial charge in [0, 0.05) is 31.4 Å². The van der Waals surface area contributed by atoms with E-state index in [0.717, 1.165) is 16.9 Å². The third kappa shape index (κ3) is 4.14. The number of amides is 1. The van der Waals surface area contributed by atoms with Crippen molar-refractivity contribution in [3.8, 4) is 11.5 Å². The molecule has 0 saturated heterocycles. The molecule has 0 saturated carbocycles. The Kier molecular flexibility index (Phi) is 5.23. The molecule has 2 heterocycles. The number of rotatable bonds is 7. The van der Waals surface area contributed by atoms with Gasteiger partial charge in [-0.2, -0.15) is 0 Å². The number of ether oxygens (including phenoxy) is 2. The van der Waals surface area contributed by atoms with Crippen LogP contribution in [0, 0.1) is 0 Å². The standard InChI is InChI=1S/C21H21N3O4/c25-17(14-5-7-18-19(13-14)28-12-11-27-18)6-8-21(26)22-10-9-20-23-15-3-1-2-4-16(15)24-20/h1-5,7,13H,6,8-12H2,(H,22,26)(H,23,24). The molecule has 144 valence electrons. The number of aromatic amines is 1. The van der Waals surface area contributed by atoms with E-state index >= 15 is 0 Å². The molecule has 2 aromatic carbocycles. The number of fused-ring (bicyclic) bond motifs is 2. The van der Waals surface area contributed by atoms with E-state index in [1.165, 1.54) is 0 Å². The van der Waals surface area contributed by atoms with Crippen molar-refractivity contribution >= 4 is 22.7 Å². The molecule has 0 unspecified atom stereocenters. The number of carbonyl (C=O) groups excluding carboxylic acids is 2. The SMILES string of the molecule is O=C(CCC(=O)c1ccc2c(c1)OCCO2)NCCc1nc2ccccc2[nH]1. The average Bonchev–Trinajstić information content (AvgIpc) is 3.14. The van der Waals surface area contributed by atoms with Gasteiger partial charge in [-0.15, -0.1) is 0 Å². The van der Waals surface area contributed by atoms with Gasteiger partial charge in [-0.05, 0) is 30.3 Å². The largest absolute Gasteiger partial charge is 0.486 e. The van der Waals surface area contributed by atoms with E-state index in [1.54, 1.807) is 18.2 Å². The van der Waals surface area contributed by atoms with Crippen molar-refractivity contribution in [2.45, 2.75) is 19.3 Å². The first-order valence-electron chi connectivity index (χ1n) is 9.32. The van der Waals surface area contributed by atoms with Crippen LogP contribution in [0.25, 0.3) is 11.0 Å². The third-order valence-electron chi connectivity index (χ3n) is 4.57. The van der Waals surface area contributed by atoms with Gasteiger partial charge in [-0.25, -0.2) is 4.98 Å². The van der Waals surface area contributed by atoms with Gasteiger partial charge < -0.3 is 19.8 Å². The fourth-order valence-electron chi connectivity index (χ4n) is 3.12. The summed E-state index contributed by atoms with van der Waals surface area (Å²) in [4.78, 5) is 32.1. The number of aromatic nitrogens is 2. The topological polar surface area (TPSA) is 93.3 Å². The molecule has 0 bridgehead atoms. The van der Waals surface area contributed by atoms with E-state index < -0.39 is 0 Å². The lowest BCUT2D eigenvalue weighted by Crippen LogP contribution is -2.26. The summed E-state index contributed by atoms with van der Waals surface area (Å²) >= 11 is 0. The smallest absolute Gasteiger partial charge is 0.220 e. The van der Waals surface area contributed by atoms with Gasteiger partial charge in [0.05, 0.1) is 11.0 Å². The number of ketones is 1. The minimum Gasteiger partial charge on any atom is -0.486 e. The predicted octanol–water partition coefficient (Wildman–Crippen LogP) is 2.66. The van der Waals surface area contributed by atoms with Crippen molar-refractivity contribution in [1.29, 1.82) is 0 Å². The Morgan fingerprint density at radius 2 is 1.86 bits per heavy atom. The molecule has 4 rings (SSSR count). The van der Waals surface area contributed by atoms with Crippen molar-refractivity contribution in [3.63, 3.8) is 0 Å².